The highest BCUT2D eigenvalue weighted by atomic mass is 32.2. The monoisotopic (exact) mass is 762 g/mol. The lowest BCUT2D eigenvalue weighted by molar-refractivity contribution is -0.107. The van der Waals surface area contributed by atoms with Gasteiger partial charge in [-0.05, 0) is 101 Å². The van der Waals surface area contributed by atoms with Crippen LogP contribution in [-0.4, -0.2) is 28.2 Å². The first-order valence-electron chi connectivity index (χ1n) is 16.7. The molecule has 0 bridgehead atoms. The molecular weight excluding hydrogens is 727 g/mol. The third-order valence-corrected chi connectivity index (χ3v) is 12.0. The second kappa shape index (κ2) is 17.8. The first-order valence-corrected chi connectivity index (χ1v) is 19.7. The van der Waals surface area contributed by atoms with Gasteiger partial charge >= 0.3 is 0 Å². The standard InChI is InChI=1S/C22H19FO3S.C22H17FO3S/c1-16(24)21-4-2-3-5-22(21)27(25,26)20-14-10-18(11-15-20)7-6-17-8-12-19(23)13-9-17;23-20-11-7-17(8-12-20)5-6-18-9-13-21(14-10-18)27(25,26)22-4-2-1-3-19(22)15-16-24/h2-16,24H,1H3;1-14,16H,15H2/b7-6+;6-5+/t16-;/m0./s1. The van der Waals surface area contributed by atoms with Gasteiger partial charge in [0.25, 0.3) is 0 Å². The van der Waals surface area contributed by atoms with E-state index in [0.717, 1.165) is 22.3 Å². The van der Waals surface area contributed by atoms with Gasteiger partial charge in [-0.25, -0.2) is 25.6 Å². The maximum Gasteiger partial charge on any atom is 0.206 e. The molecule has 0 heterocycles. The van der Waals surface area contributed by atoms with Crippen molar-refractivity contribution in [2.45, 2.75) is 39.0 Å². The van der Waals surface area contributed by atoms with Crippen molar-refractivity contribution < 1.29 is 35.5 Å². The number of hydrogen-bond donors (Lipinski definition) is 1. The second-order valence-corrected chi connectivity index (χ2v) is 15.9. The lowest BCUT2D eigenvalue weighted by atomic mass is 10.1. The summed E-state index contributed by atoms with van der Waals surface area (Å²) < 4.78 is 77.4. The Hall–Kier alpha value is -5.81. The van der Waals surface area contributed by atoms with Crippen molar-refractivity contribution in [1.82, 2.24) is 0 Å². The van der Waals surface area contributed by atoms with E-state index in [2.05, 4.69) is 0 Å². The van der Waals surface area contributed by atoms with Crippen LogP contribution in [0.2, 0.25) is 0 Å². The highest BCUT2D eigenvalue weighted by molar-refractivity contribution is 7.91. The van der Waals surface area contributed by atoms with Crippen molar-refractivity contribution >= 4 is 50.3 Å². The molecule has 274 valence electrons. The normalized spacial score (nSPS) is 12.3. The molecule has 0 saturated carbocycles. The molecule has 0 amide bonds. The van der Waals surface area contributed by atoms with Crippen molar-refractivity contribution in [2.75, 3.05) is 0 Å². The van der Waals surface area contributed by atoms with Gasteiger partial charge < -0.3 is 9.90 Å². The van der Waals surface area contributed by atoms with Gasteiger partial charge in [-0.15, -0.1) is 0 Å². The van der Waals surface area contributed by atoms with Gasteiger partial charge in [-0.3, -0.25) is 0 Å². The lowest BCUT2D eigenvalue weighted by Gasteiger charge is -2.12. The van der Waals surface area contributed by atoms with Crippen LogP contribution >= 0.6 is 0 Å². The van der Waals surface area contributed by atoms with Crippen LogP contribution in [0.1, 0.15) is 46.4 Å². The molecule has 1 atom stereocenters. The smallest absolute Gasteiger partial charge is 0.206 e. The summed E-state index contributed by atoms with van der Waals surface area (Å²) in [4.78, 5) is 11.4. The van der Waals surface area contributed by atoms with E-state index in [1.807, 2.05) is 24.3 Å². The quantitative estimate of drug-likeness (QED) is 0.104. The molecule has 6 aromatic carbocycles. The molecule has 0 spiro atoms. The predicted molar refractivity (Wildman–Crippen MR) is 208 cm³/mol. The van der Waals surface area contributed by atoms with Gasteiger partial charge in [0.2, 0.25) is 19.7 Å². The van der Waals surface area contributed by atoms with E-state index in [1.165, 1.54) is 55.5 Å². The fraction of sp³-hybridized carbons (Fsp3) is 0.0682. The molecule has 0 radical (unpaired) electrons. The Labute approximate surface area is 314 Å². The van der Waals surface area contributed by atoms with Crippen LogP contribution in [0.15, 0.2) is 165 Å². The Kier molecular flexibility index (Phi) is 13.0. The molecule has 0 aromatic heterocycles. The van der Waals surface area contributed by atoms with Gasteiger partial charge in [-0.2, -0.15) is 0 Å². The van der Waals surface area contributed by atoms with Crippen LogP contribution in [-0.2, 0) is 30.9 Å². The maximum absolute atomic E-state index is 12.9. The summed E-state index contributed by atoms with van der Waals surface area (Å²) in [6, 6.07) is 38.1. The minimum absolute atomic E-state index is 0.0495. The van der Waals surface area contributed by atoms with Crippen LogP contribution in [0.5, 0.6) is 0 Å². The predicted octanol–water partition coefficient (Wildman–Crippen LogP) is 9.45. The number of carbonyl (C=O) groups is 1. The summed E-state index contributed by atoms with van der Waals surface area (Å²) in [5, 5.41) is 9.86. The van der Waals surface area contributed by atoms with Crippen LogP contribution in [0.3, 0.4) is 0 Å². The Morgan fingerprint density at radius 3 is 1.28 bits per heavy atom. The summed E-state index contributed by atoms with van der Waals surface area (Å²) in [5.74, 6) is -0.587. The molecule has 0 fully saturated rings. The number of sulfone groups is 2. The molecule has 0 saturated heterocycles. The summed E-state index contributed by atoms with van der Waals surface area (Å²) in [5.41, 5.74) is 4.18. The number of carbonyl (C=O) groups excluding carboxylic acids is 1. The van der Waals surface area contributed by atoms with Crippen molar-refractivity contribution in [1.29, 1.82) is 0 Å². The van der Waals surface area contributed by atoms with Crippen LogP contribution in [0.4, 0.5) is 8.78 Å². The molecule has 54 heavy (non-hydrogen) atoms. The summed E-state index contributed by atoms with van der Waals surface area (Å²) in [6.07, 6.45) is 7.16. The number of benzene rings is 6. The number of aldehydes is 1. The summed E-state index contributed by atoms with van der Waals surface area (Å²) in [6.45, 7) is 1.54. The largest absolute Gasteiger partial charge is 0.389 e. The average Bonchev–Trinajstić information content (AvgIpc) is 3.18. The minimum atomic E-state index is -3.73. The van der Waals surface area contributed by atoms with Crippen LogP contribution in [0, 0.1) is 11.6 Å². The first kappa shape index (κ1) is 39.4. The average molecular weight is 763 g/mol. The van der Waals surface area contributed by atoms with Crippen molar-refractivity contribution in [3.05, 3.63) is 191 Å². The molecule has 0 unspecified atom stereocenters. The van der Waals surface area contributed by atoms with Crippen molar-refractivity contribution in [3.63, 3.8) is 0 Å². The van der Waals surface area contributed by atoms with E-state index < -0.39 is 25.8 Å². The van der Waals surface area contributed by atoms with Gasteiger partial charge in [0.1, 0.15) is 17.9 Å². The Morgan fingerprint density at radius 2 is 0.870 bits per heavy atom. The van der Waals surface area contributed by atoms with Gasteiger partial charge in [0, 0.05) is 6.42 Å². The van der Waals surface area contributed by atoms with Crippen LogP contribution in [0.25, 0.3) is 24.3 Å². The molecule has 0 aliphatic carbocycles. The Balaban J connectivity index is 0.000000208. The Bertz CT molecular complexity index is 2470. The topological polar surface area (TPSA) is 106 Å². The lowest BCUT2D eigenvalue weighted by Crippen LogP contribution is -2.07. The molecule has 6 aromatic rings. The van der Waals surface area contributed by atoms with Gasteiger partial charge in [-0.1, -0.05) is 109 Å². The number of aliphatic hydroxyl groups is 1. The molecule has 6 nitrogen and oxygen atoms in total. The van der Waals surface area contributed by atoms with Crippen LogP contribution < -0.4 is 0 Å². The van der Waals surface area contributed by atoms with E-state index in [1.54, 1.807) is 97.1 Å². The highest BCUT2D eigenvalue weighted by Gasteiger charge is 2.23. The Morgan fingerprint density at radius 1 is 0.519 bits per heavy atom. The van der Waals surface area contributed by atoms with Gasteiger partial charge in [0.05, 0.1) is 25.7 Å². The molecule has 0 aliphatic rings. The molecule has 0 aliphatic heterocycles. The van der Waals surface area contributed by atoms with E-state index in [4.69, 9.17) is 0 Å². The van der Waals surface area contributed by atoms with Crippen molar-refractivity contribution in [3.8, 4) is 0 Å². The number of hydrogen-bond acceptors (Lipinski definition) is 6. The van der Waals surface area contributed by atoms with Crippen molar-refractivity contribution in [2.24, 2.45) is 0 Å². The van der Waals surface area contributed by atoms with Gasteiger partial charge in [0.15, 0.2) is 0 Å². The summed E-state index contributed by atoms with van der Waals surface area (Å²) in [7, 11) is -7.43. The summed E-state index contributed by atoms with van der Waals surface area (Å²) >= 11 is 0. The number of aliphatic hydroxyl groups excluding tert-OH is 1. The van der Waals surface area contributed by atoms with E-state index in [9.17, 15) is 35.5 Å². The molecular formula is C44H36F2O6S2. The minimum Gasteiger partial charge on any atom is -0.389 e. The SMILES string of the molecule is C[C@H](O)c1ccccc1S(=O)(=O)c1ccc(/C=C/c2ccc(F)cc2)cc1.O=CCc1ccccc1S(=O)(=O)c1ccc(/C=C/c2ccc(F)cc2)cc1. The second-order valence-electron chi connectivity index (χ2n) is 12.1. The zero-order valence-corrected chi connectivity index (χ0v) is 30.7. The maximum atomic E-state index is 12.9. The number of rotatable bonds is 11. The van der Waals surface area contributed by atoms with E-state index in [0.29, 0.717) is 17.4 Å². The zero-order valence-electron chi connectivity index (χ0n) is 29.1. The zero-order chi connectivity index (χ0) is 38.7. The molecule has 1 N–H and O–H groups in total. The highest BCUT2D eigenvalue weighted by Crippen LogP contribution is 2.29. The fourth-order valence-corrected chi connectivity index (χ4v) is 8.46. The molecule has 6 rings (SSSR count). The van der Waals surface area contributed by atoms with E-state index >= 15 is 0 Å². The third-order valence-electron chi connectivity index (χ3n) is 8.28. The molecule has 10 heteroatoms. The fourth-order valence-electron chi connectivity index (χ4n) is 5.40. The number of halogens is 2. The third kappa shape index (κ3) is 9.99. The van der Waals surface area contributed by atoms with E-state index in [-0.39, 0.29) is 37.6 Å². The first-order chi connectivity index (χ1) is 25.9.